The van der Waals surface area contributed by atoms with Crippen molar-refractivity contribution in [3.8, 4) is 0 Å². The van der Waals surface area contributed by atoms with E-state index in [1.54, 1.807) is 11.1 Å². The van der Waals surface area contributed by atoms with Gasteiger partial charge >= 0.3 is 5.97 Å². The predicted molar refractivity (Wildman–Crippen MR) is 68.0 cm³/mol. The average molecular weight is 279 g/mol. The molecule has 0 radical (unpaired) electrons. The number of aliphatic carboxylic acids is 1. The van der Waals surface area contributed by atoms with Crippen molar-refractivity contribution in [2.24, 2.45) is 5.92 Å². The zero-order valence-electron chi connectivity index (χ0n) is 11.1. The fourth-order valence-electron chi connectivity index (χ4n) is 2.82. The molecular weight excluding hydrogens is 262 g/mol. The van der Waals surface area contributed by atoms with E-state index in [1.807, 2.05) is 6.20 Å². The van der Waals surface area contributed by atoms with Crippen molar-refractivity contribution < 1.29 is 19.4 Å². The van der Waals surface area contributed by atoms with Crippen molar-refractivity contribution in [3.05, 3.63) is 18.2 Å². The number of amides is 1. The fraction of sp³-hybridized carbons (Fsp3) is 0.615. The third kappa shape index (κ3) is 2.40. The molecule has 3 heterocycles. The van der Waals surface area contributed by atoms with E-state index in [9.17, 15) is 9.59 Å². The Balaban J connectivity index is 1.66. The lowest BCUT2D eigenvalue weighted by Crippen LogP contribution is -2.51. The second-order valence-electron chi connectivity index (χ2n) is 5.21. The van der Waals surface area contributed by atoms with Gasteiger partial charge in [-0.25, -0.2) is 9.78 Å². The monoisotopic (exact) mass is 279 g/mol. The number of hydrogen-bond donors (Lipinski definition) is 1. The maximum Gasteiger partial charge on any atom is 0.334 e. The van der Waals surface area contributed by atoms with Gasteiger partial charge in [0.25, 0.3) is 0 Å². The summed E-state index contributed by atoms with van der Waals surface area (Å²) in [4.78, 5) is 29.3. The van der Waals surface area contributed by atoms with Crippen LogP contribution in [0.1, 0.15) is 12.2 Å². The molecule has 108 valence electrons. The van der Waals surface area contributed by atoms with Crippen LogP contribution in [-0.2, 0) is 27.3 Å². The third-order valence-electron chi connectivity index (χ3n) is 3.95. The lowest BCUT2D eigenvalue weighted by molar-refractivity contribution is -0.160. The summed E-state index contributed by atoms with van der Waals surface area (Å²) in [5.74, 6) is -0.162. The van der Waals surface area contributed by atoms with Gasteiger partial charge in [0.05, 0.1) is 13.2 Å². The first-order valence-corrected chi connectivity index (χ1v) is 6.78. The molecule has 1 saturated heterocycles. The van der Waals surface area contributed by atoms with Gasteiger partial charge in [-0.1, -0.05) is 0 Å². The maximum absolute atomic E-state index is 12.5. The summed E-state index contributed by atoms with van der Waals surface area (Å²) in [5, 5.41) is 8.97. The van der Waals surface area contributed by atoms with Gasteiger partial charge in [0.15, 0.2) is 6.10 Å². The lowest BCUT2D eigenvalue weighted by atomic mass is 9.96. The Morgan fingerprint density at radius 3 is 3.05 bits per heavy atom. The van der Waals surface area contributed by atoms with E-state index in [2.05, 4.69) is 9.55 Å². The van der Waals surface area contributed by atoms with E-state index >= 15 is 0 Å². The predicted octanol–water partition coefficient (Wildman–Crippen LogP) is -0.243. The molecule has 20 heavy (non-hydrogen) atoms. The van der Waals surface area contributed by atoms with E-state index in [0.29, 0.717) is 13.0 Å². The quantitative estimate of drug-likeness (QED) is 0.807. The summed E-state index contributed by atoms with van der Waals surface area (Å²) in [7, 11) is 0. The first kappa shape index (κ1) is 13.1. The van der Waals surface area contributed by atoms with Crippen LogP contribution < -0.4 is 0 Å². The lowest BCUT2D eigenvalue weighted by Gasteiger charge is -2.34. The van der Waals surface area contributed by atoms with Gasteiger partial charge in [0.2, 0.25) is 5.91 Å². The molecule has 1 amide bonds. The van der Waals surface area contributed by atoms with Gasteiger partial charge in [-0.3, -0.25) is 4.79 Å². The number of ether oxygens (including phenoxy) is 1. The van der Waals surface area contributed by atoms with Crippen LogP contribution in [0, 0.1) is 5.92 Å². The molecule has 7 heteroatoms. The Hall–Kier alpha value is -1.89. The fourth-order valence-corrected chi connectivity index (χ4v) is 2.82. The number of rotatable bonds is 2. The highest BCUT2D eigenvalue weighted by molar-refractivity contribution is 5.81. The van der Waals surface area contributed by atoms with Crippen molar-refractivity contribution in [2.75, 3.05) is 19.7 Å². The largest absolute Gasteiger partial charge is 0.479 e. The van der Waals surface area contributed by atoms with E-state index in [0.717, 1.165) is 18.8 Å². The number of fused-ring (bicyclic) bond motifs is 1. The van der Waals surface area contributed by atoms with Crippen molar-refractivity contribution >= 4 is 11.9 Å². The number of morpholine rings is 1. The van der Waals surface area contributed by atoms with Crippen molar-refractivity contribution in [1.82, 2.24) is 14.5 Å². The highest BCUT2D eigenvalue weighted by atomic mass is 16.5. The SMILES string of the molecule is O=C(O)C1CN(C(=O)C2CCn3ccnc3C2)CCO1. The van der Waals surface area contributed by atoms with Crippen molar-refractivity contribution in [3.63, 3.8) is 0 Å². The summed E-state index contributed by atoms with van der Waals surface area (Å²) < 4.78 is 7.20. The number of carbonyl (C=O) groups excluding carboxylic acids is 1. The Morgan fingerprint density at radius 1 is 1.40 bits per heavy atom. The zero-order chi connectivity index (χ0) is 14.1. The molecular formula is C13H17N3O4. The molecule has 2 atom stereocenters. The highest BCUT2D eigenvalue weighted by Gasteiger charge is 2.34. The third-order valence-corrected chi connectivity index (χ3v) is 3.95. The summed E-state index contributed by atoms with van der Waals surface area (Å²) in [5.41, 5.74) is 0. The molecule has 0 saturated carbocycles. The molecule has 2 unspecified atom stereocenters. The van der Waals surface area contributed by atoms with Crippen LogP contribution in [0.4, 0.5) is 0 Å². The Bertz CT molecular complexity index is 527. The number of carboxylic acid groups (broad SMARTS) is 1. The van der Waals surface area contributed by atoms with Crippen LogP contribution in [-0.4, -0.2) is 57.2 Å². The Labute approximate surface area is 116 Å². The number of imidazole rings is 1. The number of carboxylic acids is 1. The van der Waals surface area contributed by atoms with Crippen LogP contribution in [0.25, 0.3) is 0 Å². The topological polar surface area (TPSA) is 84.7 Å². The second kappa shape index (κ2) is 5.24. The van der Waals surface area contributed by atoms with Crippen LogP contribution in [0.15, 0.2) is 12.4 Å². The summed E-state index contributed by atoms with van der Waals surface area (Å²) in [6.45, 7) is 1.68. The van der Waals surface area contributed by atoms with E-state index in [1.165, 1.54) is 0 Å². The van der Waals surface area contributed by atoms with Crippen LogP contribution in [0.5, 0.6) is 0 Å². The molecule has 1 fully saturated rings. The van der Waals surface area contributed by atoms with Gasteiger partial charge in [-0.05, 0) is 6.42 Å². The van der Waals surface area contributed by atoms with Gasteiger partial charge in [-0.2, -0.15) is 0 Å². The minimum absolute atomic E-state index is 0.0220. The summed E-state index contributed by atoms with van der Waals surface area (Å²) >= 11 is 0. The Kier molecular flexibility index (Phi) is 3.43. The number of nitrogens with zero attached hydrogens (tertiary/aromatic N) is 3. The zero-order valence-corrected chi connectivity index (χ0v) is 11.1. The van der Waals surface area contributed by atoms with Crippen molar-refractivity contribution in [2.45, 2.75) is 25.5 Å². The number of hydrogen-bond acceptors (Lipinski definition) is 4. The molecule has 1 N–H and O–H groups in total. The van der Waals surface area contributed by atoms with Crippen LogP contribution in [0.2, 0.25) is 0 Å². The molecule has 0 bridgehead atoms. The number of aromatic nitrogens is 2. The molecule has 1 aromatic heterocycles. The first-order chi connectivity index (χ1) is 9.65. The maximum atomic E-state index is 12.5. The number of aryl methyl sites for hydroxylation is 1. The van der Waals surface area contributed by atoms with Gasteiger partial charge < -0.3 is 19.3 Å². The van der Waals surface area contributed by atoms with Crippen LogP contribution in [0.3, 0.4) is 0 Å². The summed E-state index contributed by atoms with van der Waals surface area (Å²) in [6.07, 6.45) is 4.17. The minimum Gasteiger partial charge on any atom is -0.479 e. The van der Waals surface area contributed by atoms with Gasteiger partial charge in [0, 0.05) is 37.8 Å². The van der Waals surface area contributed by atoms with Gasteiger partial charge in [0.1, 0.15) is 5.82 Å². The number of carbonyl (C=O) groups is 2. The van der Waals surface area contributed by atoms with E-state index in [4.69, 9.17) is 9.84 Å². The molecule has 3 rings (SSSR count). The van der Waals surface area contributed by atoms with Gasteiger partial charge in [-0.15, -0.1) is 0 Å². The Morgan fingerprint density at radius 2 is 2.25 bits per heavy atom. The highest BCUT2D eigenvalue weighted by Crippen LogP contribution is 2.22. The molecule has 0 aliphatic carbocycles. The summed E-state index contributed by atoms with van der Waals surface area (Å²) in [6, 6.07) is 0. The standard InChI is InChI=1S/C13H17N3O4/c17-12(16-5-6-20-10(8-16)13(18)19)9-1-3-15-4-2-14-11(15)7-9/h2,4,9-10H,1,3,5-8H2,(H,18,19). The smallest absolute Gasteiger partial charge is 0.334 e. The molecule has 2 aliphatic rings. The molecule has 7 nitrogen and oxygen atoms in total. The minimum atomic E-state index is -1.01. The first-order valence-electron chi connectivity index (χ1n) is 6.78. The van der Waals surface area contributed by atoms with Crippen molar-refractivity contribution in [1.29, 1.82) is 0 Å². The molecule has 1 aromatic rings. The molecule has 2 aliphatic heterocycles. The molecule has 0 spiro atoms. The normalized spacial score (nSPS) is 26.1. The molecule has 0 aromatic carbocycles. The van der Waals surface area contributed by atoms with E-state index in [-0.39, 0.29) is 25.0 Å². The average Bonchev–Trinajstić information content (AvgIpc) is 2.94. The second-order valence-corrected chi connectivity index (χ2v) is 5.21. The van der Waals surface area contributed by atoms with Crippen LogP contribution >= 0.6 is 0 Å². The van der Waals surface area contributed by atoms with E-state index < -0.39 is 12.1 Å².